The highest BCUT2D eigenvalue weighted by atomic mass is 16.6. The molecule has 14 heavy (non-hydrogen) atoms. The number of hydrogen-bond donors (Lipinski definition) is 1. The minimum atomic E-state index is -1.47. The van der Waals surface area contributed by atoms with Crippen molar-refractivity contribution in [3.8, 4) is 12.1 Å². The van der Waals surface area contributed by atoms with Crippen LogP contribution in [0, 0.1) is 28.1 Å². The molecule has 1 fully saturated rings. The molecule has 0 aromatic rings. The summed E-state index contributed by atoms with van der Waals surface area (Å²) in [6, 6.07) is 3.65. The van der Waals surface area contributed by atoms with Gasteiger partial charge >= 0.3 is 0 Å². The lowest BCUT2D eigenvalue weighted by molar-refractivity contribution is -0.0289. The molecule has 0 aromatic heterocycles. The van der Waals surface area contributed by atoms with Crippen LogP contribution in [0.15, 0.2) is 0 Å². The second kappa shape index (κ2) is 3.93. The molecule has 76 valence electrons. The monoisotopic (exact) mass is 196 g/mol. The Labute approximate surface area is 82.5 Å². The normalized spacial score (nSPS) is 34.8. The van der Waals surface area contributed by atoms with E-state index in [0.717, 1.165) is 0 Å². The lowest BCUT2D eigenvalue weighted by Gasteiger charge is -2.18. The fourth-order valence-electron chi connectivity index (χ4n) is 1.61. The van der Waals surface area contributed by atoms with E-state index in [1.54, 1.807) is 6.92 Å². The minimum Gasteiger partial charge on any atom is -0.387 e. The molecule has 1 heterocycles. The SMILES string of the molecule is COCC1OC(C)C(C#N)(C#N)C1O. The summed E-state index contributed by atoms with van der Waals surface area (Å²) in [6.45, 7) is 1.78. The van der Waals surface area contributed by atoms with Gasteiger partial charge in [0.25, 0.3) is 0 Å². The maximum Gasteiger partial charge on any atom is 0.197 e. The summed E-state index contributed by atoms with van der Waals surface area (Å²) in [4.78, 5) is 0. The van der Waals surface area contributed by atoms with Gasteiger partial charge in [0, 0.05) is 7.11 Å². The van der Waals surface area contributed by atoms with Crippen LogP contribution >= 0.6 is 0 Å². The second-order valence-electron chi connectivity index (χ2n) is 3.31. The van der Waals surface area contributed by atoms with Crippen molar-refractivity contribution in [3.05, 3.63) is 0 Å². The van der Waals surface area contributed by atoms with Crippen LogP contribution in [0.3, 0.4) is 0 Å². The number of methoxy groups -OCH3 is 1. The standard InChI is InChI=1S/C9H12N2O3/c1-6-9(4-10,5-11)8(12)7(14-6)3-13-2/h6-8,12H,3H2,1-2H3. The van der Waals surface area contributed by atoms with E-state index < -0.39 is 23.7 Å². The van der Waals surface area contributed by atoms with Crippen LogP contribution in [0.1, 0.15) is 6.92 Å². The maximum absolute atomic E-state index is 9.75. The smallest absolute Gasteiger partial charge is 0.197 e. The zero-order chi connectivity index (χ0) is 10.8. The molecule has 0 bridgehead atoms. The average Bonchev–Trinajstić information content (AvgIpc) is 2.41. The lowest BCUT2D eigenvalue weighted by atomic mass is 9.81. The first-order valence-corrected chi connectivity index (χ1v) is 4.27. The number of ether oxygens (including phenoxy) is 2. The molecule has 1 aliphatic heterocycles. The highest BCUT2D eigenvalue weighted by molar-refractivity contribution is 5.24. The van der Waals surface area contributed by atoms with Crippen molar-refractivity contribution in [2.24, 2.45) is 5.41 Å². The Kier molecular flexibility index (Phi) is 3.07. The number of hydrogen-bond acceptors (Lipinski definition) is 5. The van der Waals surface area contributed by atoms with Gasteiger partial charge in [0.2, 0.25) is 0 Å². The fraction of sp³-hybridized carbons (Fsp3) is 0.778. The van der Waals surface area contributed by atoms with Crippen LogP contribution in [0.25, 0.3) is 0 Å². The molecule has 5 nitrogen and oxygen atoms in total. The summed E-state index contributed by atoms with van der Waals surface area (Å²) in [6.07, 6.45) is -2.32. The number of nitrogens with zero attached hydrogens (tertiary/aromatic N) is 2. The molecule has 1 aliphatic rings. The number of aliphatic hydroxyl groups is 1. The molecule has 1 rings (SSSR count). The van der Waals surface area contributed by atoms with Gasteiger partial charge in [-0.2, -0.15) is 10.5 Å². The molecule has 0 aliphatic carbocycles. The predicted molar refractivity (Wildman–Crippen MR) is 45.9 cm³/mol. The van der Waals surface area contributed by atoms with Crippen LogP contribution in [-0.2, 0) is 9.47 Å². The van der Waals surface area contributed by atoms with E-state index in [-0.39, 0.29) is 6.61 Å². The molecule has 0 spiro atoms. The van der Waals surface area contributed by atoms with Gasteiger partial charge in [0.05, 0.1) is 24.8 Å². The van der Waals surface area contributed by atoms with Crippen LogP contribution in [0.5, 0.6) is 0 Å². The average molecular weight is 196 g/mol. The summed E-state index contributed by atoms with van der Waals surface area (Å²) in [5.74, 6) is 0. The molecular formula is C9H12N2O3. The predicted octanol–water partition coefficient (Wildman–Crippen LogP) is -0.185. The van der Waals surface area contributed by atoms with Crippen molar-refractivity contribution in [3.63, 3.8) is 0 Å². The highest BCUT2D eigenvalue weighted by Crippen LogP contribution is 2.37. The topological polar surface area (TPSA) is 86.3 Å². The third-order valence-electron chi connectivity index (χ3n) is 2.54. The summed E-state index contributed by atoms with van der Waals surface area (Å²) in [7, 11) is 1.47. The van der Waals surface area contributed by atoms with Crippen molar-refractivity contribution >= 4 is 0 Å². The molecule has 0 amide bonds. The summed E-state index contributed by atoms with van der Waals surface area (Å²) >= 11 is 0. The van der Waals surface area contributed by atoms with Crippen molar-refractivity contribution < 1.29 is 14.6 Å². The molecule has 3 unspecified atom stereocenters. The molecule has 5 heteroatoms. The van der Waals surface area contributed by atoms with Gasteiger partial charge in [-0.05, 0) is 6.92 Å². The maximum atomic E-state index is 9.75. The third-order valence-corrected chi connectivity index (χ3v) is 2.54. The zero-order valence-electron chi connectivity index (χ0n) is 8.10. The first-order chi connectivity index (χ1) is 6.62. The molecule has 1 saturated heterocycles. The van der Waals surface area contributed by atoms with E-state index >= 15 is 0 Å². The Morgan fingerprint density at radius 3 is 2.43 bits per heavy atom. The minimum absolute atomic E-state index is 0.177. The van der Waals surface area contributed by atoms with Gasteiger partial charge in [-0.15, -0.1) is 0 Å². The Balaban J connectivity index is 2.91. The van der Waals surface area contributed by atoms with Crippen molar-refractivity contribution in [2.75, 3.05) is 13.7 Å². The van der Waals surface area contributed by atoms with E-state index in [0.29, 0.717) is 0 Å². The van der Waals surface area contributed by atoms with E-state index in [9.17, 15) is 5.11 Å². The quantitative estimate of drug-likeness (QED) is 0.661. The molecule has 1 N–H and O–H groups in total. The first kappa shape index (κ1) is 10.9. The van der Waals surface area contributed by atoms with Gasteiger partial charge in [-0.25, -0.2) is 0 Å². The molecule has 3 atom stereocenters. The van der Waals surface area contributed by atoms with Gasteiger partial charge in [0.1, 0.15) is 12.2 Å². The van der Waals surface area contributed by atoms with Crippen molar-refractivity contribution in [1.82, 2.24) is 0 Å². The summed E-state index contributed by atoms with van der Waals surface area (Å²) in [5, 5.41) is 27.5. The Bertz CT molecular complexity index is 277. The van der Waals surface area contributed by atoms with Crippen molar-refractivity contribution in [2.45, 2.75) is 25.2 Å². The van der Waals surface area contributed by atoms with E-state index in [1.165, 1.54) is 7.11 Å². The van der Waals surface area contributed by atoms with Gasteiger partial charge in [-0.3, -0.25) is 0 Å². The van der Waals surface area contributed by atoms with Gasteiger partial charge in [0.15, 0.2) is 5.41 Å². The van der Waals surface area contributed by atoms with Crippen LogP contribution < -0.4 is 0 Å². The van der Waals surface area contributed by atoms with Crippen molar-refractivity contribution in [1.29, 1.82) is 10.5 Å². The molecule has 0 saturated carbocycles. The Morgan fingerprint density at radius 2 is 2.07 bits per heavy atom. The summed E-state index contributed by atoms with van der Waals surface area (Å²) < 4.78 is 10.1. The largest absolute Gasteiger partial charge is 0.387 e. The first-order valence-electron chi connectivity index (χ1n) is 4.27. The van der Waals surface area contributed by atoms with Crippen LogP contribution in [0.4, 0.5) is 0 Å². The second-order valence-corrected chi connectivity index (χ2v) is 3.31. The van der Waals surface area contributed by atoms with E-state index in [2.05, 4.69) is 0 Å². The van der Waals surface area contributed by atoms with E-state index in [4.69, 9.17) is 20.0 Å². The van der Waals surface area contributed by atoms with Gasteiger partial charge in [-0.1, -0.05) is 0 Å². The van der Waals surface area contributed by atoms with Crippen LogP contribution in [-0.4, -0.2) is 37.1 Å². The summed E-state index contributed by atoms with van der Waals surface area (Å²) in [5.41, 5.74) is -1.47. The molecule has 0 aromatic carbocycles. The molecule has 0 radical (unpaired) electrons. The zero-order valence-corrected chi connectivity index (χ0v) is 8.10. The van der Waals surface area contributed by atoms with Crippen LogP contribution in [0.2, 0.25) is 0 Å². The lowest BCUT2D eigenvalue weighted by Crippen LogP contribution is -2.39. The van der Waals surface area contributed by atoms with E-state index in [1.807, 2.05) is 12.1 Å². The number of rotatable bonds is 2. The highest BCUT2D eigenvalue weighted by Gasteiger charge is 2.55. The number of aliphatic hydroxyl groups excluding tert-OH is 1. The number of nitriles is 2. The van der Waals surface area contributed by atoms with Gasteiger partial charge < -0.3 is 14.6 Å². The Morgan fingerprint density at radius 1 is 1.50 bits per heavy atom. The Hall–Kier alpha value is -1.14. The fourth-order valence-corrected chi connectivity index (χ4v) is 1.61. The molecular weight excluding hydrogens is 184 g/mol. The third kappa shape index (κ3) is 1.36.